The highest BCUT2D eigenvalue weighted by Crippen LogP contribution is 2.25. The molecule has 186 valence electrons. The summed E-state index contributed by atoms with van der Waals surface area (Å²) >= 11 is 0. The molecule has 1 fully saturated rings. The number of carboxylic acid groups (broad SMARTS) is 1. The maximum atomic E-state index is 13.6. The summed E-state index contributed by atoms with van der Waals surface area (Å²) in [7, 11) is 0. The third kappa shape index (κ3) is 10.1. The lowest BCUT2D eigenvalue weighted by Crippen LogP contribution is -2.45. The van der Waals surface area contributed by atoms with Crippen molar-refractivity contribution in [3.8, 4) is 5.75 Å². The summed E-state index contributed by atoms with van der Waals surface area (Å²) in [6.45, 7) is -0.00941. The molecule has 1 aliphatic carbocycles. The summed E-state index contributed by atoms with van der Waals surface area (Å²) in [5, 5.41) is 9.91. The van der Waals surface area contributed by atoms with Crippen molar-refractivity contribution in [2.75, 3.05) is 13.2 Å². The number of hydrogen-bond donors (Lipinski definition) is 3. The monoisotopic (exact) mass is 482 g/mol. The number of benzene rings is 1. The fourth-order valence-electron chi connectivity index (χ4n) is 3.15. The Balaban J connectivity index is 0.000000675. The first-order valence-electron chi connectivity index (χ1n) is 10.4. The van der Waals surface area contributed by atoms with E-state index in [1.807, 2.05) is 0 Å². The van der Waals surface area contributed by atoms with Gasteiger partial charge in [-0.05, 0) is 50.8 Å². The molecule has 0 heterocycles. The van der Waals surface area contributed by atoms with Crippen LogP contribution in [0.25, 0.3) is 0 Å². The van der Waals surface area contributed by atoms with Gasteiger partial charge in [-0.25, -0.2) is 13.6 Å². The van der Waals surface area contributed by atoms with Gasteiger partial charge >= 0.3 is 12.1 Å². The SMILES string of the molecule is NCCCCC(NC(=O)C1CCCC1)C(=O)COc1c(F)cccc1F.O=C(O)C(F)(F)F. The first kappa shape index (κ1) is 28.3. The minimum Gasteiger partial charge on any atom is -0.480 e. The Kier molecular flexibility index (Phi) is 11.7. The van der Waals surface area contributed by atoms with Crippen LogP contribution in [0, 0.1) is 17.6 Å². The lowest BCUT2D eigenvalue weighted by atomic mass is 10.0. The number of hydrogen-bond acceptors (Lipinski definition) is 5. The van der Waals surface area contributed by atoms with Crippen molar-refractivity contribution in [3.05, 3.63) is 29.8 Å². The van der Waals surface area contributed by atoms with E-state index < -0.39 is 48.0 Å². The molecule has 12 heteroatoms. The molecule has 1 unspecified atom stereocenters. The average molecular weight is 482 g/mol. The highest BCUT2D eigenvalue weighted by atomic mass is 19.4. The fraction of sp³-hybridized carbons (Fsp3) is 0.571. The second-order valence-corrected chi connectivity index (χ2v) is 7.44. The van der Waals surface area contributed by atoms with E-state index in [-0.39, 0.29) is 11.8 Å². The number of nitrogens with two attached hydrogens (primary N) is 1. The van der Waals surface area contributed by atoms with Crippen LogP contribution >= 0.6 is 0 Å². The average Bonchev–Trinajstić information content (AvgIpc) is 3.27. The Morgan fingerprint density at radius 3 is 2.15 bits per heavy atom. The highest BCUT2D eigenvalue weighted by Gasteiger charge is 2.38. The second kappa shape index (κ2) is 13.7. The molecule has 1 aliphatic rings. The Hall–Kier alpha value is -2.76. The summed E-state index contributed by atoms with van der Waals surface area (Å²) < 4.78 is 64.0. The molecule has 4 N–H and O–H groups in total. The van der Waals surface area contributed by atoms with Gasteiger partial charge in [-0.1, -0.05) is 18.9 Å². The Labute approximate surface area is 187 Å². The third-order valence-corrected chi connectivity index (χ3v) is 4.90. The molecule has 7 nitrogen and oxygen atoms in total. The van der Waals surface area contributed by atoms with Gasteiger partial charge in [0.1, 0.15) is 6.61 Å². The van der Waals surface area contributed by atoms with E-state index in [0.717, 1.165) is 44.2 Å². The fourth-order valence-corrected chi connectivity index (χ4v) is 3.15. The van der Waals surface area contributed by atoms with E-state index in [2.05, 4.69) is 5.32 Å². The minimum absolute atomic E-state index is 0.0651. The van der Waals surface area contributed by atoms with E-state index in [0.29, 0.717) is 19.4 Å². The molecular weight excluding hydrogens is 455 g/mol. The third-order valence-electron chi connectivity index (χ3n) is 4.90. The van der Waals surface area contributed by atoms with Crippen LogP contribution in [-0.2, 0) is 14.4 Å². The predicted molar refractivity (Wildman–Crippen MR) is 107 cm³/mol. The number of carbonyl (C=O) groups is 3. The number of nitrogens with one attached hydrogen (secondary N) is 1. The van der Waals surface area contributed by atoms with Crippen LogP contribution in [0.3, 0.4) is 0 Å². The van der Waals surface area contributed by atoms with Crippen molar-refractivity contribution in [2.45, 2.75) is 57.2 Å². The quantitative estimate of drug-likeness (QED) is 0.348. The van der Waals surface area contributed by atoms with Gasteiger partial charge in [0.25, 0.3) is 0 Å². The van der Waals surface area contributed by atoms with Crippen molar-refractivity contribution in [1.82, 2.24) is 5.32 Å². The number of amides is 1. The molecule has 1 aromatic rings. The van der Waals surface area contributed by atoms with E-state index in [1.165, 1.54) is 6.07 Å². The van der Waals surface area contributed by atoms with Crippen LogP contribution in [0.4, 0.5) is 22.0 Å². The number of rotatable bonds is 10. The van der Waals surface area contributed by atoms with Crippen LogP contribution in [-0.4, -0.2) is 48.1 Å². The number of para-hydroxylation sites is 1. The number of ketones is 1. The Morgan fingerprint density at radius 1 is 1.12 bits per heavy atom. The number of unbranched alkanes of at least 4 members (excludes halogenated alkanes) is 1. The summed E-state index contributed by atoms with van der Waals surface area (Å²) in [6.07, 6.45) is 0.424. The van der Waals surface area contributed by atoms with Crippen molar-refractivity contribution >= 4 is 17.7 Å². The molecule has 0 saturated heterocycles. The van der Waals surface area contributed by atoms with Crippen LogP contribution in [0.1, 0.15) is 44.9 Å². The van der Waals surface area contributed by atoms with Crippen LogP contribution in [0.15, 0.2) is 18.2 Å². The zero-order valence-corrected chi connectivity index (χ0v) is 17.8. The van der Waals surface area contributed by atoms with Gasteiger partial charge in [0.15, 0.2) is 23.2 Å². The van der Waals surface area contributed by atoms with Crippen molar-refractivity contribution in [3.63, 3.8) is 0 Å². The van der Waals surface area contributed by atoms with Gasteiger partial charge in [-0.3, -0.25) is 9.59 Å². The van der Waals surface area contributed by atoms with E-state index in [1.54, 1.807) is 0 Å². The maximum absolute atomic E-state index is 13.6. The highest BCUT2D eigenvalue weighted by molar-refractivity contribution is 5.90. The normalized spacial score (nSPS) is 14.7. The number of carboxylic acids is 1. The zero-order valence-electron chi connectivity index (χ0n) is 17.8. The van der Waals surface area contributed by atoms with Gasteiger partial charge < -0.3 is 20.9 Å². The molecule has 0 bridgehead atoms. The molecule has 0 aromatic heterocycles. The van der Waals surface area contributed by atoms with Gasteiger partial charge in [0.2, 0.25) is 5.91 Å². The molecule has 1 atom stereocenters. The lowest BCUT2D eigenvalue weighted by Gasteiger charge is -2.20. The maximum Gasteiger partial charge on any atom is 0.490 e. The number of Topliss-reactive ketones (excluding diaryl/α,β-unsaturated/α-hetero) is 1. The van der Waals surface area contributed by atoms with Crippen LogP contribution in [0.2, 0.25) is 0 Å². The van der Waals surface area contributed by atoms with Crippen LogP contribution in [0.5, 0.6) is 5.75 Å². The van der Waals surface area contributed by atoms with Crippen molar-refractivity contribution in [1.29, 1.82) is 0 Å². The first-order chi connectivity index (χ1) is 15.5. The molecule has 2 rings (SSSR count). The molecule has 1 amide bonds. The van der Waals surface area contributed by atoms with Crippen LogP contribution < -0.4 is 15.8 Å². The number of carbonyl (C=O) groups excluding carboxylic acids is 2. The summed E-state index contributed by atoms with van der Waals surface area (Å²) in [5.74, 6) is -5.68. The number of ether oxygens (including phenoxy) is 1. The van der Waals surface area contributed by atoms with Crippen molar-refractivity contribution in [2.24, 2.45) is 11.7 Å². The second-order valence-electron chi connectivity index (χ2n) is 7.44. The Morgan fingerprint density at radius 2 is 1.67 bits per heavy atom. The molecule has 33 heavy (non-hydrogen) atoms. The van der Waals surface area contributed by atoms with E-state index in [4.69, 9.17) is 20.4 Å². The van der Waals surface area contributed by atoms with E-state index >= 15 is 0 Å². The Bertz CT molecular complexity index is 777. The first-order valence-corrected chi connectivity index (χ1v) is 10.4. The van der Waals surface area contributed by atoms with Crippen molar-refractivity contribution < 1.29 is 46.2 Å². The lowest BCUT2D eigenvalue weighted by molar-refractivity contribution is -0.192. The predicted octanol–water partition coefficient (Wildman–Crippen LogP) is 3.35. The largest absolute Gasteiger partial charge is 0.490 e. The van der Waals surface area contributed by atoms with Gasteiger partial charge in [-0.15, -0.1) is 0 Å². The molecule has 1 saturated carbocycles. The zero-order chi connectivity index (χ0) is 25.0. The summed E-state index contributed by atoms with van der Waals surface area (Å²) in [4.78, 5) is 33.7. The van der Waals surface area contributed by atoms with Gasteiger partial charge in [0, 0.05) is 5.92 Å². The van der Waals surface area contributed by atoms with Gasteiger partial charge in [-0.2, -0.15) is 13.2 Å². The molecule has 0 spiro atoms. The van der Waals surface area contributed by atoms with Gasteiger partial charge in [0.05, 0.1) is 6.04 Å². The molecule has 0 radical (unpaired) electrons. The molecular formula is C21H27F5N2O5. The standard InChI is InChI=1S/C19H26F2N2O3.C2HF3O2/c20-14-8-5-9-15(21)18(14)26-12-17(24)16(10-3-4-11-22)23-19(25)13-6-1-2-7-13;3-2(4,5)1(6)7/h5,8-9,13,16H,1-4,6-7,10-12,22H2,(H,23,25);(H,6,7). The summed E-state index contributed by atoms with van der Waals surface area (Å²) in [5.41, 5.74) is 5.48. The smallest absolute Gasteiger partial charge is 0.480 e. The molecule has 0 aliphatic heterocycles. The van der Waals surface area contributed by atoms with E-state index in [9.17, 15) is 31.5 Å². The summed E-state index contributed by atoms with van der Waals surface area (Å²) in [6, 6.07) is 2.61. The number of alkyl halides is 3. The number of halogens is 5. The molecule has 1 aromatic carbocycles. The topological polar surface area (TPSA) is 119 Å². The number of aliphatic carboxylic acids is 1. The minimum atomic E-state index is -5.08.